The van der Waals surface area contributed by atoms with Crippen LogP contribution in [0.25, 0.3) is 0 Å². The summed E-state index contributed by atoms with van der Waals surface area (Å²) >= 11 is 0. The first-order valence-corrected chi connectivity index (χ1v) is 5.40. The standard InChI is InChI=1S/C10H18N4O/c1-8(15)9-3-4-14(5-9)6-10-11-7-12-13(10)2/h7-9,15H,3-6H2,1-2H3. The van der Waals surface area contributed by atoms with E-state index >= 15 is 0 Å². The van der Waals surface area contributed by atoms with Gasteiger partial charge in [-0.3, -0.25) is 9.58 Å². The lowest BCUT2D eigenvalue weighted by molar-refractivity contribution is 0.126. The van der Waals surface area contributed by atoms with Gasteiger partial charge in [-0.15, -0.1) is 0 Å². The highest BCUT2D eigenvalue weighted by molar-refractivity contribution is 4.87. The molecule has 0 spiro atoms. The van der Waals surface area contributed by atoms with Gasteiger partial charge >= 0.3 is 0 Å². The van der Waals surface area contributed by atoms with Gasteiger partial charge in [0.05, 0.1) is 12.6 Å². The van der Waals surface area contributed by atoms with Crippen molar-refractivity contribution in [1.82, 2.24) is 19.7 Å². The van der Waals surface area contributed by atoms with Gasteiger partial charge in [0.1, 0.15) is 12.2 Å². The van der Waals surface area contributed by atoms with E-state index in [-0.39, 0.29) is 6.10 Å². The number of nitrogens with zero attached hydrogens (tertiary/aromatic N) is 4. The predicted octanol–water partition coefficient (Wildman–Crippen LogP) is 0.0178. The normalized spacial score (nSPS) is 24.6. The molecule has 0 aliphatic carbocycles. The Balaban J connectivity index is 1.90. The molecule has 1 aromatic heterocycles. The molecule has 5 heteroatoms. The van der Waals surface area contributed by atoms with Crippen molar-refractivity contribution in [2.45, 2.75) is 26.0 Å². The van der Waals surface area contributed by atoms with Crippen LogP contribution in [0.15, 0.2) is 6.33 Å². The van der Waals surface area contributed by atoms with Crippen LogP contribution in [0.4, 0.5) is 0 Å². The Morgan fingerprint density at radius 2 is 2.47 bits per heavy atom. The van der Waals surface area contributed by atoms with Crippen molar-refractivity contribution in [2.24, 2.45) is 13.0 Å². The summed E-state index contributed by atoms with van der Waals surface area (Å²) in [6, 6.07) is 0. The van der Waals surface area contributed by atoms with E-state index in [1.54, 1.807) is 11.0 Å². The van der Waals surface area contributed by atoms with Crippen LogP contribution in [-0.2, 0) is 13.6 Å². The monoisotopic (exact) mass is 210 g/mol. The van der Waals surface area contributed by atoms with Crippen molar-refractivity contribution in [3.8, 4) is 0 Å². The molecule has 0 saturated carbocycles. The number of hydrogen-bond donors (Lipinski definition) is 1. The van der Waals surface area contributed by atoms with Crippen molar-refractivity contribution in [1.29, 1.82) is 0 Å². The minimum atomic E-state index is -0.200. The molecule has 84 valence electrons. The van der Waals surface area contributed by atoms with Gasteiger partial charge in [0.25, 0.3) is 0 Å². The van der Waals surface area contributed by atoms with Crippen LogP contribution in [0.2, 0.25) is 0 Å². The van der Waals surface area contributed by atoms with E-state index in [0.717, 1.165) is 31.9 Å². The Hall–Kier alpha value is -0.940. The Morgan fingerprint density at radius 3 is 3.00 bits per heavy atom. The summed E-state index contributed by atoms with van der Waals surface area (Å²) in [4.78, 5) is 6.52. The summed E-state index contributed by atoms with van der Waals surface area (Å²) in [7, 11) is 1.91. The molecule has 0 radical (unpaired) electrons. The smallest absolute Gasteiger partial charge is 0.140 e. The van der Waals surface area contributed by atoms with Gasteiger partial charge in [0.2, 0.25) is 0 Å². The average molecular weight is 210 g/mol. The second kappa shape index (κ2) is 4.28. The minimum Gasteiger partial charge on any atom is -0.393 e. The molecule has 2 heterocycles. The van der Waals surface area contributed by atoms with Crippen LogP contribution in [0.3, 0.4) is 0 Å². The zero-order valence-corrected chi connectivity index (χ0v) is 9.30. The van der Waals surface area contributed by atoms with Gasteiger partial charge in [-0.25, -0.2) is 4.98 Å². The molecule has 2 unspecified atom stereocenters. The molecule has 0 aromatic carbocycles. The molecule has 0 bridgehead atoms. The Kier molecular flexibility index (Phi) is 3.02. The Labute approximate surface area is 89.7 Å². The molecule has 1 saturated heterocycles. The molecule has 1 aliphatic rings. The van der Waals surface area contributed by atoms with Crippen LogP contribution in [0.1, 0.15) is 19.2 Å². The third-order valence-corrected chi connectivity index (χ3v) is 3.16. The highest BCUT2D eigenvalue weighted by Crippen LogP contribution is 2.20. The summed E-state index contributed by atoms with van der Waals surface area (Å²) in [5.74, 6) is 1.40. The van der Waals surface area contributed by atoms with Crippen LogP contribution in [0.5, 0.6) is 0 Å². The zero-order valence-electron chi connectivity index (χ0n) is 9.30. The molecular weight excluding hydrogens is 192 g/mol. The lowest BCUT2D eigenvalue weighted by Crippen LogP contribution is -2.25. The fourth-order valence-corrected chi connectivity index (χ4v) is 2.06. The van der Waals surface area contributed by atoms with Gasteiger partial charge in [-0.05, 0) is 25.8 Å². The molecule has 1 aromatic rings. The predicted molar refractivity (Wildman–Crippen MR) is 56.1 cm³/mol. The second-order valence-electron chi connectivity index (χ2n) is 4.32. The van der Waals surface area contributed by atoms with E-state index in [1.807, 2.05) is 14.0 Å². The number of aliphatic hydroxyl groups is 1. The summed E-state index contributed by atoms with van der Waals surface area (Å²) in [6.45, 7) is 4.71. The molecule has 2 rings (SSSR count). The van der Waals surface area contributed by atoms with E-state index in [1.165, 1.54) is 0 Å². The summed E-state index contributed by atoms with van der Waals surface area (Å²) < 4.78 is 1.80. The van der Waals surface area contributed by atoms with Crippen LogP contribution >= 0.6 is 0 Å². The maximum Gasteiger partial charge on any atom is 0.140 e. The van der Waals surface area contributed by atoms with Gasteiger partial charge < -0.3 is 5.11 Å². The van der Waals surface area contributed by atoms with Gasteiger partial charge in [-0.2, -0.15) is 5.10 Å². The highest BCUT2D eigenvalue weighted by atomic mass is 16.3. The van der Waals surface area contributed by atoms with Crippen molar-refractivity contribution in [2.75, 3.05) is 13.1 Å². The first-order valence-electron chi connectivity index (χ1n) is 5.40. The molecule has 2 atom stereocenters. The largest absolute Gasteiger partial charge is 0.393 e. The van der Waals surface area contributed by atoms with Gasteiger partial charge in [0.15, 0.2) is 0 Å². The Morgan fingerprint density at radius 1 is 1.67 bits per heavy atom. The molecule has 5 nitrogen and oxygen atoms in total. The van der Waals surface area contributed by atoms with E-state index < -0.39 is 0 Å². The quantitative estimate of drug-likeness (QED) is 0.764. The number of rotatable bonds is 3. The van der Waals surface area contributed by atoms with Gasteiger partial charge in [-0.1, -0.05) is 0 Å². The highest BCUT2D eigenvalue weighted by Gasteiger charge is 2.26. The summed E-state index contributed by atoms with van der Waals surface area (Å²) in [6.07, 6.45) is 2.46. The number of aromatic nitrogens is 3. The maximum atomic E-state index is 9.49. The number of aliphatic hydroxyl groups excluding tert-OH is 1. The van der Waals surface area contributed by atoms with Crippen LogP contribution in [-0.4, -0.2) is 44.0 Å². The topological polar surface area (TPSA) is 54.2 Å². The lowest BCUT2D eigenvalue weighted by Gasteiger charge is -2.16. The third-order valence-electron chi connectivity index (χ3n) is 3.16. The van der Waals surface area contributed by atoms with Crippen molar-refractivity contribution < 1.29 is 5.11 Å². The number of hydrogen-bond acceptors (Lipinski definition) is 4. The number of aryl methyl sites for hydroxylation is 1. The van der Waals surface area contributed by atoms with Crippen LogP contribution < -0.4 is 0 Å². The van der Waals surface area contributed by atoms with E-state index in [0.29, 0.717) is 5.92 Å². The SMILES string of the molecule is CC(O)C1CCN(Cc2ncnn2C)C1. The summed E-state index contributed by atoms with van der Waals surface area (Å²) in [5.41, 5.74) is 0. The Bertz CT molecular complexity index is 323. The molecule has 0 amide bonds. The minimum absolute atomic E-state index is 0.200. The van der Waals surface area contributed by atoms with Crippen LogP contribution in [0, 0.1) is 5.92 Å². The molecule has 1 aliphatic heterocycles. The third kappa shape index (κ3) is 2.35. The van der Waals surface area contributed by atoms with E-state index in [4.69, 9.17) is 0 Å². The van der Waals surface area contributed by atoms with Crippen molar-refractivity contribution in [3.63, 3.8) is 0 Å². The summed E-state index contributed by atoms with van der Waals surface area (Å²) in [5, 5.41) is 13.5. The second-order valence-corrected chi connectivity index (χ2v) is 4.32. The molecule has 1 N–H and O–H groups in total. The van der Waals surface area contributed by atoms with E-state index in [2.05, 4.69) is 15.0 Å². The molecule has 15 heavy (non-hydrogen) atoms. The van der Waals surface area contributed by atoms with Gasteiger partial charge in [0, 0.05) is 13.6 Å². The average Bonchev–Trinajstić information content (AvgIpc) is 2.77. The van der Waals surface area contributed by atoms with Crippen molar-refractivity contribution >= 4 is 0 Å². The molecule has 1 fully saturated rings. The maximum absolute atomic E-state index is 9.49. The lowest BCUT2D eigenvalue weighted by atomic mass is 10.0. The fourth-order valence-electron chi connectivity index (χ4n) is 2.06. The zero-order chi connectivity index (χ0) is 10.8. The molecular formula is C10H18N4O. The van der Waals surface area contributed by atoms with Crippen molar-refractivity contribution in [3.05, 3.63) is 12.2 Å². The first-order chi connectivity index (χ1) is 7.16. The first kappa shape index (κ1) is 10.6. The number of likely N-dealkylation sites (tertiary alicyclic amines) is 1. The van der Waals surface area contributed by atoms with E-state index in [9.17, 15) is 5.11 Å². The fraction of sp³-hybridized carbons (Fsp3) is 0.800.